The number of nitrogens with zero attached hydrogens (tertiary/aromatic N) is 2. The highest BCUT2D eigenvalue weighted by Crippen LogP contribution is 2.26. The normalized spacial score (nSPS) is 28.0. The van der Waals surface area contributed by atoms with Gasteiger partial charge in [-0.05, 0) is 19.4 Å². The summed E-state index contributed by atoms with van der Waals surface area (Å²) in [7, 11) is -4.60. The average Bonchev–Trinajstić information content (AvgIpc) is 2.71. The second-order valence-electron chi connectivity index (χ2n) is 5.01. The van der Waals surface area contributed by atoms with Crippen molar-refractivity contribution in [1.82, 2.24) is 9.80 Å². The van der Waals surface area contributed by atoms with E-state index in [2.05, 4.69) is 11.8 Å². The molecular weight excluding hydrogens is 259 g/mol. The van der Waals surface area contributed by atoms with Crippen LogP contribution in [0.3, 0.4) is 0 Å². The standard InChI is InChI=1S/C11H19FN2O3S/c1-2-13-5-3-9(4-6-13)14-8-10(7-11(14)15)18(12,16)17/h9-10H,2-8H2,1H3. The highest BCUT2D eigenvalue weighted by Gasteiger charge is 2.41. The van der Waals surface area contributed by atoms with Crippen LogP contribution in [0.5, 0.6) is 0 Å². The predicted octanol–water partition coefficient (Wildman–Crippen LogP) is 0.371. The Balaban J connectivity index is 1.97. The minimum absolute atomic E-state index is 0.0223. The molecule has 1 amide bonds. The van der Waals surface area contributed by atoms with Gasteiger partial charge >= 0.3 is 10.2 Å². The van der Waals surface area contributed by atoms with Crippen LogP contribution >= 0.6 is 0 Å². The zero-order valence-corrected chi connectivity index (χ0v) is 11.3. The summed E-state index contributed by atoms with van der Waals surface area (Å²) in [5.41, 5.74) is 0. The van der Waals surface area contributed by atoms with Gasteiger partial charge in [0.15, 0.2) is 0 Å². The molecule has 0 aromatic rings. The molecule has 0 bridgehead atoms. The van der Waals surface area contributed by atoms with Crippen molar-refractivity contribution in [2.24, 2.45) is 0 Å². The Kier molecular flexibility index (Phi) is 3.91. The van der Waals surface area contributed by atoms with Crippen LogP contribution in [-0.2, 0) is 15.0 Å². The van der Waals surface area contributed by atoms with Crippen LogP contribution in [0, 0.1) is 0 Å². The van der Waals surface area contributed by atoms with Crippen molar-refractivity contribution >= 4 is 16.1 Å². The number of hydrogen-bond donors (Lipinski definition) is 0. The molecule has 0 spiro atoms. The molecule has 2 aliphatic heterocycles. The van der Waals surface area contributed by atoms with E-state index in [4.69, 9.17) is 0 Å². The lowest BCUT2D eigenvalue weighted by atomic mass is 10.0. The predicted molar refractivity (Wildman–Crippen MR) is 65.3 cm³/mol. The molecule has 2 fully saturated rings. The van der Waals surface area contributed by atoms with Crippen molar-refractivity contribution in [3.63, 3.8) is 0 Å². The van der Waals surface area contributed by atoms with E-state index in [9.17, 15) is 17.1 Å². The van der Waals surface area contributed by atoms with Crippen LogP contribution in [0.25, 0.3) is 0 Å². The summed E-state index contributed by atoms with van der Waals surface area (Å²) < 4.78 is 34.6. The van der Waals surface area contributed by atoms with Gasteiger partial charge in [0, 0.05) is 32.1 Å². The van der Waals surface area contributed by atoms with Gasteiger partial charge in [0.25, 0.3) is 0 Å². The van der Waals surface area contributed by atoms with Crippen LogP contribution < -0.4 is 0 Å². The minimum atomic E-state index is -4.60. The minimum Gasteiger partial charge on any atom is -0.338 e. The molecule has 2 heterocycles. The molecule has 104 valence electrons. The SMILES string of the molecule is CCN1CCC(N2CC(S(=O)(=O)F)CC2=O)CC1. The van der Waals surface area contributed by atoms with E-state index in [1.54, 1.807) is 4.90 Å². The third-order valence-corrected chi connectivity index (χ3v) is 5.08. The van der Waals surface area contributed by atoms with Crippen LogP contribution in [0.15, 0.2) is 0 Å². The molecule has 0 saturated carbocycles. The highest BCUT2D eigenvalue weighted by molar-refractivity contribution is 7.87. The van der Waals surface area contributed by atoms with E-state index in [1.165, 1.54) is 0 Å². The molecule has 5 nitrogen and oxygen atoms in total. The number of piperidine rings is 1. The molecule has 2 aliphatic rings. The van der Waals surface area contributed by atoms with Gasteiger partial charge in [0.2, 0.25) is 5.91 Å². The number of carbonyl (C=O) groups is 1. The summed E-state index contributed by atoms with van der Waals surface area (Å²) in [5, 5.41) is -1.16. The largest absolute Gasteiger partial charge is 0.338 e. The molecule has 18 heavy (non-hydrogen) atoms. The van der Waals surface area contributed by atoms with Crippen molar-refractivity contribution in [3.8, 4) is 0 Å². The lowest BCUT2D eigenvalue weighted by Gasteiger charge is -2.36. The van der Waals surface area contributed by atoms with E-state index >= 15 is 0 Å². The Hall–Kier alpha value is -0.690. The summed E-state index contributed by atoms with van der Waals surface area (Å²) in [5.74, 6) is -0.226. The number of halogens is 1. The van der Waals surface area contributed by atoms with Gasteiger partial charge in [-0.1, -0.05) is 6.92 Å². The fourth-order valence-corrected chi connectivity index (χ4v) is 3.47. The van der Waals surface area contributed by atoms with Crippen molar-refractivity contribution < 1.29 is 17.1 Å². The molecule has 0 N–H and O–H groups in total. The molecule has 7 heteroatoms. The van der Waals surface area contributed by atoms with Crippen LogP contribution in [-0.4, -0.2) is 61.6 Å². The number of amides is 1. The van der Waals surface area contributed by atoms with Gasteiger partial charge < -0.3 is 9.80 Å². The summed E-state index contributed by atoms with van der Waals surface area (Å²) in [6.07, 6.45) is 1.49. The smallest absolute Gasteiger partial charge is 0.307 e. The molecule has 0 aromatic heterocycles. The van der Waals surface area contributed by atoms with E-state index < -0.39 is 15.5 Å². The van der Waals surface area contributed by atoms with Crippen LogP contribution in [0.4, 0.5) is 3.89 Å². The summed E-state index contributed by atoms with van der Waals surface area (Å²) >= 11 is 0. The first-order valence-corrected chi connectivity index (χ1v) is 7.81. The first kappa shape index (κ1) is 13.7. The Bertz CT molecular complexity index is 418. The first-order chi connectivity index (χ1) is 8.41. The summed E-state index contributed by atoms with van der Waals surface area (Å²) in [6, 6.07) is 0.0760. The van der Waals surface area contributed by atoms with E-state index in [-0.39, 0.29) is 24.9 Å². The van der Waals surface area contributed by atoms with E-state index in [0.717, 1.165) is 32.5 Å². The Morgan fingerprint density at radius 1 is 1.33 bits per heavy atom. The summed E-state index contributed by atoms with van der Waals surface area (Å²) in [4.78, 5) is 15.6. The molecule has 0 aromatic carbocycles. The van der Waals surface area contributed by atoms with E-state index in [0.29, 0.717) is 0 Å². The quantitative estimate of drug-likeness (QED) is 0.700. The Labute approximate surface area is 107 Å². The zero-order valence-electron chi connectivity index (χ0n) is 10.5. The monoisotopic (exact) mass is 278 g/mol. The third-order valence-electron chi connectivity index (χ3n) is 3.97. The number of hydrogen-bond acceptors (Lipinski definition) is 4. The number of likely N-dealkylation sites (tertiary alicyclic amines) is 2. The molecule has 1 unspecified atom stereocenters. The zero-order chi connectivity index (χ0) is 13.3. The van der Waals surface area contributed by atoms with Crippen molar-refractivity contribution in [3.05, 3.63) is 0 Å². The number of rotatable bonds is 3. The third kappa shape index (κ3) is 2.83. The topological polar surface area (TPSA) is 57.7 Å². The molecular formula is C11H19FN2O3S. The van der Waals surface area contributed by atoms with Crippen molar-refractivity contribution in [1.29, 1.82) is 0 Å². The fourth-order valence-electron chi connectivity index (χ4n) is 2.79. The van der Waals surface area contributed by atoms with Gasteiger partial charge in [-0.15, -0.1) is 3.89 Å². The van der Waals surface area contributed by atoms with Gasteiger partial charge in [-0.3, -0.25) is 4.79 Å². The maximum absolute atomic E-state index is 12.9. The molecule has 0 radical (unpaired) electrons. The maximum Gasteiger partial charge on any atom is 0.307 e. The second-order valence-corrected chi connectivity index (χ2v) is 6.63. The molecule has 2 saturated heterocycles. The lowest BCUT2D eigenvalue weighted by molar-refractivity contribution is -0.130. The second kappa shape index (κ2) is 5.13. The first-order valence-electron chi connectivity index (χ1n) is 6.37. The molecule has 1 atom stereocenters. The van der Waals surface area contributed by atoms with Crippen molar-refractivity contribution in [2.45, 2.75) is 37.5 Å². The van der Waals surface area contributed by atoms with Crippen LogP contribution in [0.2, 0.25) is 0 Å². The highest BCUT2D eigenvalue weighted by atomic mass is 32.3. The fraction of sp³-hybridized carbons (Fsp3) is 0.909. The van der Waals surface area contributed by atoms with Gasteiger partial charge in [-0.2, -0.15) is 8.42 Å². The summed E-state index contributed by atoms with van der Waals surface area (Å²) in [6.45, 7) is 4.93. The number of carbonyl (C=O) groups excluding carboxylic acids is 1. The van der Waals surface area contributed by atoms with Gasteiger partial charge in [-0.25, -0.2) is 0 Å². The average molecular weight is 278 g/mol. The van der Waals surface area contributed by atoms with E-state index in [1.807, 2.05) is 0 Å². The lowest BCUT2D eigenvalue weighted by Crippen LogP contribution is -2.45. The van der Waals surface area contributed by atoms with Crippen LogP contribution in [0.1, 0.15) is 26.2 Å². The maximum atomic E-state index is 12.9. The Morgan fingerprint density at radius 3 is 2.39 bits per heavy atom. The van der Waals surface area contributed by atoms with Gasteiger partial charge in [0.05, 0.1) is 0 Å². The molecule has 2 rings (SSSR count). The van der Waals surface area contributed by atoms with Crippen molar-refractivity contribution in [2.75, 3.05) is 26.2 Å². The van der Waals surface area contributed by atoms with Gasteiger partial charge in [0.1, 0.15) is 5.25 Å². The Morgan fingerprint density at radius 2 is 1.94 bits per heavy atom. The molecule has 0 aliphatic carbocycles.